The maximum absolute atomic E-state index is 13.5. The molecule has 0 spiro atoms. The van der Waals surface area contributed by atoms with Crippen LogP contribution in [0.2, 0.25) is 0 Å². The summed E-state index contributed by atoms with van der Waals surface area (Å²) in [5.41, 5.74) is 0.0422. The summed E-state index contributed by atoms with van der Waals surface area (Å²) in [6, 6.07) is 4.10. The molecule has 8 nitrogen and oxygen atoms in total. The van der Waals surface area contributed by atoms with E-state index >= 15 is 0 Å². The van der Waals surface area contributed by atoms with Crippen LogP contribution in [0, 0.1) is 29.5 Å². The number of anilines is 1. The molecule has 2 atom stereocenters. The van der Waals surface area contributed by atoms with Crippen LogP contribution in [0.25, 0.3) is 6.08 Å². The minimum absolute atomic E-state index is 0.0142. The fourth-order valence-electron chi connectivity index (χ4n) is 2.91. The normalized spacial score (nSPS) is 18.0. The van der Waals surface area contributed by atoms with Gasteiger partial charge in [-0.15, -0.1) is 6.42 Å². The van der Waals surface area contributed by atoms with E-state index in [-0.39, 0.29) is 27.4 Å². The first-order valence-electron chi connectivity index (χ1n) is 8.23. The molecule has 0 aliphatic carbocycles. The van der Waals surface area contributed by atoms with E-state index < -0.39 is 33.9 Å². The van der Waals surface area contributed by atoms with Gasteiger partial charge in [0, 0.05) is 24.5 Å². The van der Waals surface area contributed by atoms with Crippen molar-refractivity contribution in [2.24, 2.45) is 7.05 Å². The van der Waals surface area contributed by atoms with Gasteiger partial charge in [-0.3, -0.25) is 4.79 Å². The number of halogens is 1. The van der Waals surface area contributed by atoms with Crippen molar-refractivity contribution in [1.82, 2.24) is 9.29 Å². The number of rotatable bonds is 3. The minimum Gasteiger partial charge on any atom is -0.378 e. The Morgan fingerprint density at radius 1 is 1.48 bits per heavy atom. The van der Waals surface area contributed by atoms with E-state index in [4.69, 9.17) is 11.7 Å². The Morgan fingerprint density at radius 3 is 2.86 bits per heavy atom. The summed E-state index contributed by atoms with van der Waals surface area (Å²) in [4.78, 5) is 12.6. The van der Waals surface area contributed by atoms with Crippen molar-refractivity contribution in [2.45, 2.75) is 17.0 Å². The average molecular weight is 414 g/mol. The Kier molecular flexibility index (Phi) is 5.27. The number of hydrogen-bond acceptors (Lipinski definition) is 5. The Bertz CT molecular complexity index is 1220. The van der Waals surface area contributed by atoms with Gasteiger partial charge >= 0.3 is 0 Å². The number of terminal acetylenes is 1. The number of nitrogens with one attached hydrogen (secondary N) is 2. The summed E-state index contributed by atoms with van der Waals surface area (Å²) in [6.07, 6.45) is 7.77. The standard InChI is InChI=1S/C19H15FN4O4S/c1-3-16(25)15-7-5-13-17(29(27,28)23-15)10-24(2)18(13)19(26)22-12-4-6-14(20)11(8-12)9-21/h1,4-8,10,15-16,23,25H,2H3,(H,22,26)/t15-,16?/m0/s1. The lowest BCUT2D eigenvalue weighted by Crippen LogP contribution is -2.40. The number of hydrogen-bond donors (Lipinski definition) is 3. The summed E-state index contributed by atoms with van der Waals surface area (Å²) >= 11 is 0. The van der Waals surface area contributed by atoms with Crippen LogP contribution in [-0.4, -0.2) is 36.1 Å². The molecule has 0 saturated carbocycles. The number of nitriles is 1. The van der Waals surface area contributed by atoms with Crippen LogP contribution >= 0.6 is 0 Å². The molecule has 3 N–H and O–H groups in total. The Labute approximate surface area is 166 Å². The van der Waals surface area contributed by atoms with E-state index in [1.807, 2.05) is 0 Å². The highest BCUT2D eigenvalue weighted by Crippen LogP contribution is 2.27. The Morgan fingerprint density at radius 2 is 2.21 bits per heavy atom. The van der Waals surface area contributed by atoms with Gasteiger partial charge in [0.1, 0.15) is 28.6 Å². The number of aliphatic hydroxyl groups excluding tert-OH is 1. The molecule has 0 saturated heterocycles. The SMILES string of the molecule is C#CC(O)[C@@H]1C=Cc2c(cn(C)c2C(=O)Nc2ccc(F)c(C#N)c2)S(=O)(=O)N1. The topological polar surface area (TPSA) is 124 Å². The highest BCUT2D eigenvalue weighted by Gasteiger charge is 2.32. The van der Waals surface area contributed by atoms with Crippen molar-refractivity contribution in [2.75, 3.05) is 5.32 Å². The van der Waals surface area contributed by atoms with Gasteiger partial charge in [-0.1, -0.05) is 18.1 Å². The van der Waals surface area contributed by atoms with Crippen molar-refractivity contribution in [3.63, 3.8) is 0 Å². The van der Waals surface area contributed by atoms with Crippen LogP contribution in [0.15, 0.2) is 35.4 Å². The third-order valence-electron chi connectivity index (χ3n) is 4.31. The number of carbonyl (C=O) groups is 1. The van der Waals surface area contributed by atoms with Gasteiger partial charge in [0.05, 0.1) is 11.6 Å². The van der Waals surface area contributed by atoms with Gasteiger partial charge in [0.2, 0.25) is 10.0 Å². The van der Waals surface area contributed by atoms with Gasteiger partial charge in [-0.05, 0) is 18.2 Å². The number of amides is 1. The molecule has 1 aromatic heterocycles. The molecule has 2 aromatic rings. The van der Waals surface area contributed by atoms with Gasteiger partial charge in [-0.2, -0.15) is 5.26 Å². The number of aryl methyl sites for hydroxylation is 1. The maximum Gasteiger partial charge on any atom is 0.272 e. The smallest absolute Gasteiger partial charge is 0.272 e. The van der Waals surface area contributed by atoms with Crippen LogP contribution in [0.1, 0.15) is 21.6 Å². The molecule has 148 valence electrons. The molecule has 2 heterocycles. The molecule has 29 heavy (non-hydrogen) atoms. The van der Waals surface area contributed by atoms with Crippen molar-refractivity contribution in [3.8, 4) is 18.4 Å². The Balaban J connectivity index is 2.03. The van der Waals surface area contributed by atoms with Crippen LogP contribution in [-0.2, 0) is 17.1 Å². The number of fused-ring (bicyclic) bond motifs is 1. The number of benzene rings is 1. The third-order valence-corrected chi connectivity index (χ3v) is 5.79. The molecule has 1 aliphatic heterocycles. The second-order valence-corrected chi connectivity index (χ2v) is 7.93. The summed E-state index contributed by atoms with van der Waals surface area (Å²) in [5.74, 6) is 0.660. The van der Waals surface area contributed by atoms with Crippen molar-refractivity contribution in [3.05, 3.63) is 53.1 Å². The predicted octanol–water partition coefficient (Wildman–Crippen LogP) is 0.956. The maximum atomic E-state index is 13.5. The highest BCUT2D eigenvalue weighted by atomic mass is 32.2. The molecular formula is C19H15FN4O4S. The number of aromatic nitrogens is 1. The Hall–Kier alpha value is -3.44. The second kappa shape index (κ2) is 7.53. The van der Waals surface area contributed by atoms with E-state index in [0.717, 1.165) is 6.07 Å². The van der Waals surface area contributed by atoms with Crippen LogP contribution in [0.4, 0.5) is 10.1 Å². The lowest BCUT2D eigenvalue weighted by molar-refractivity contribution is 0.101. The van der Waals surface area contributed by atoms with Crippen LogP contribution in [0.5, 0.6) is 0 Å². The molecular weight excluding hydrogens is 399 g/mol. The van der Waals surface area contributed by atoms with Crippen LogP contribution < -0.4 is 10.0 Å². The molecule has 1 amide bonds. The molecule has 1 aliphatic rings. The van der Waals surface area contributed by atoms with Gasteiger partial charge < -0.3 is 15.0 Å². The van der Waals surface area contributed by atoms with E-state index in [1.165, 1.54) is 42.1 Å². The summed E-state index contributed by atoms with van der Waals surface area (Å²) in [5, 5.41) is 21.2. The van der Waals surface area contributed by atoms with Gasteiger partial charge in [0.15, 0.2) is 0 Å². The second-order valence-electron chi connectivity index (χ2n) is 6.24. The van der Waals surface area contributed by atoms with E-state index in [0.29, 0.717) is 0 Å². The molecule has 0 fully saturated rings. The van der Waals surface area contributed by atoms with Gasteiger partial charge in [0.25, 0.3) is 5.91 Å². The first kappa shape index (κ1) is 20.3. The van der Waals surface area contributed by atoms with E-state index in [9.17, 15) is 22.7 Å². The average Bonchev–Trinajstić information content (AvgIpc) is 2.96. The lowest BCUT2D eigenvalue weighted by atomic mass is 10.1. The number of sulfonamides is 1. The van der Waals surface area contributed by atoms with E-state index in [2.05, 4.69) is 16.0 Å². The number of aliphatic hydroxyl groups is 1. The highest BCUT2D eigenvalue weighted by molar-refractivity contribution is 7.89. The zero-order valence-electron chi connectivity index (χ0n) is 15.0. The van der Waals surface area contributed by atoms with Crippen LogP contribution in [0.3, 0.4) is 0 Å². The molecule has 1 aromatic carbocycles. The molecule has 1 unspecified atom stereocenters. The zero-order valence-corrected chi connectivity index (χ0v) is 15.9. The quantitative estimate of drug-likeness (QED) is 0.646. The molecule has 0 bridgehead atoms. The summed E-state index contributed by atoms with van der Waals surface area (Å²) < 4.78 is 42.4. The van der Waals surface area contributed by atoms with Gasteiger partial charge in [-0.25, -0.2) is 17.5 Å². The first-order chi connectivity index (χ1) is 13.7. The minimum atomic E-state index is -4.07. The predicted molar refractivity (Wildman–Crippen MR) is 102 cm³/mol. The molecule has 0 radical (unpaired) electrons. The van der Waals surface area contributed by atoms with E-state index in [1.54, 1.807) is 6.07 Å². The molecule has 10 heteroatoms. The largest absolute Gasteiger partial charge is 0.378 e. The summed E-state index contributed by atoms with van der Waals surface area (Å²) in [6.45, 7) is 0. The van der Waals surface area contributed by atoms with Crippen molar-refractivity contribution >= 4 is 27.7 Å². The van der Waals surface area contributed by atoms with Crippen molar-refractivity contribution < 1.29 is 22.7 Å². The zero-order chi connectivity index (χ0) is 21.3. The number of carbonyl (C=O) groups excluding carboxylic acids is 1. The fourth-order valence-corrected chi connectivity index (χ4v) is 4.35. The monoisotopic (exact) mass is 414 g/mol. The fraction of sp³-hybridized carbons (Fsp3) is 0.158. The van der Waals surface area contributed by atoms with Crippen molar-refractivity contribution in [1.29, 1.82) is 5.26 Å². The molecule has 3 rings (SSSR count). The summed E-state index contributed by atoms with van der Waals surface area (Å²) in [7, 11) is -2.58. The lowest BCUT2D eigenvalue weighted by Gasteiger charge is -2.15. The number of nitrogens with zero attached hydrogens (tertiary/aromatic N) is 2. The third kappa shape index (κ3) is 3.77. The first-order valence-corrected chi connectivity index (χ1v) is 9.71.